The van der Waals surface area contributed by atoms with Gasteiger partial charge in [0.25, 0.3) is 0 Å². The van der Waals surface area contributed by atoms with Crippen LogP contribution in [0.25, 0.3) is 0 Å². The summed E-state index contributed by atoms with van der Waals surface area (Å²) in [6.45, 7) is 0.307. The maximum atomic E-state index is 5.95. The van der Waals surface area contributed by atoms with Crippen LogP contribution in [0.15, 0.2) is 30.3 Å². The molecular formula is C13H14ClN3O2. The summed E-state index contributed by atoms with van der Waals surface area (Å²) in [6.07, 6.45) is 0. The zero-order valence-electron chi connectivity index (χ0n) is 10.7. The predicted molar refractivity (Wildman–Crippen MR) is 74.0 cm³/mol. The largest absolute Gasteiger partial charge is 0.495 e. The minimum Gasteiger partial charge on any atom is -0.495 e. The van der Waals surface area contributed by atoms with Crippen LogP contribution in [0.4, 0.5) is 11.5 Å². The average molecular weight is 280 g/mol. The number of hydrogen-bond donors (Lipinski definition) is 1. The van der Waals surface area contributed by atoms with Crippen molar-refractivity contribution in [3.8, 4) is 5.75 Å². The summed E-state index contributed by atoms with van der Waals surface area (Å²) >= 11 is 5.95. The van der Waals surface area contributed by atoms with Gasteiger partial charge in [0.2, 0.25) is 0 Å². The van der Waals surface area contributed by atoms with Crippen LogP contribution in [0.3, 0.4) is 0 Å². The third-order valence-electron chi connectivity index (χ3n) is 2.38. The van der Waals surface area contributed by atoms with Crippen molar-refractivity contribution < 1.29 is 9.47 Å². The van der Waals surface area contributed by atoms with Crippen molar-refractivity contribution in [2.45, 2.75) is 6.61 Å². The maximum Gasteiger partial charge on any atom is 0.158 e. The number of ether oxygens (including phenoxy) is 2. The molecule has 19 heavy (non-hydrogen) atoms. The Morgan fingerprint density at radius 3 is 2.74 bits per heavy atom. The Bertz CT molecular complexity index is 563. The average Bonchev–Trinajstić information content (AvgIpc) is 2.39. The van der Waals surface area contributed by atoms with Crippen molar-refractivity contribution in [1.29, 1.82) is 0 Å². The number of aromatic nitrogens is 2. The maximum absolute atomic E-state index is 5.95. The lowest BCUT2D eigenvalue weighted by Gasteiger charge is -2.11. The highest BCUT2D eigenvalue weighted by Crippen LogP contribution is 2.26. The lowest BCUT2D eigenvalue weighted by Crippen LogP contribution is -2.02. The molecule has 0 bridgehead atoms. The Kier molecular flexibility index (Phi) is 4.54. The van der Waals surface area contributed by atoms with Gasteiger partial charge in [-0.2, -0.15) is 0 Å². The van der Waals surface area contributed by atoms with Gasteiger partial charge < -0.3 is 14.8 Å². The molecule has 100 valence electrons. The Labute approximate surface area is 116 Å². The molecule has 0 saturated heterocycles. The van der Waals surface area contributed by atoms with Crippen LogP contribution in [-0.4, -0.2) is 24.2 Å². The molecule has 0 saturated carbocycles. The third-order valence-corrected chi connectivity index (χ3v) is 2.58. The molecule has 0 unspecified atom stereocenters. The van der Waals surface area contributed by atoms with Crippen LogP contribution in [0.1, 0.15) is 5.82 Å². The van der Waals surface area contributed by atoms with Gasteiger partial charge in [-0.1, -0.05) is 23.7 Å². The van der Waals surface area contributed by atoms with Crippen molar-refractivity contribution in [1.82, 2.24) is 9.97 Å². The highest BCUT2D eigenvalue weighted by atomic mass is 35.5. The van der Waals surface area contributed by atoms with Gasteiger partial charge in [-0.3, -0.25) is 0 Å². The number of halogens is 1. The van der Waals surface area contributed by atoms with Gasteiger partial charge in [0.15, 0.2) is 5.82 Å². The molecule has 2 aromatic rings. The third kappa shape index (κ3) is 3.56. The Morgan fingerprint density at radius 1 is 1.21 bits per heavy atom. The summed E-state index contributed by atoms with van der Waals surface area (Å²) in [5.41, 5.74) is 0.808. The van der Waals surface area contributed by atoms with Crippen molar-refractivity contribution in [3.63, 3.8) is 0 Å². The second-order valence-electron chi connectivity index (χ2n) is 3.75. The van der Waals surface area contributed by atoms with E-state index in [4.69, 9.17) is 21.1 Å². The number of nitrogens with zero attached hydrogens (tertiary/aromatic N) is 2. The van der Waals surface area contributed by atoms with E-state index in [1.54, 1.807) is 20.3 Å². The molecule has 1 aromatic carbocycles. The Morgan fingerprint density at radius 2 is 2.00 bits per heavy atom. The summed E-state index contributed by atoms with van der Waals surface area (Å²) in [6, 6.07) is 9.20. The number of hydrogen-bond acceptors (Lipinski definition) is 5. The second kappa shape index (κ2) is 6.36. The van der Waals surface area contributed by atoms with E-state index in [-0.39, 0.29) is 0 Å². The molecule has 0 amide bonds. The van der Waals surface area contributed by atoms with Crippen LogP contribution in [0, 0.1) is 0 Å². The first kappa shape index (κ1) is 13.6. The van der Waals surface area contributed by atoms with Gasteiger partial charge in [-0.05, 0) is 12.1 Å². The van der Waals surface area contributed by atoms with E-state index in [1.807, 2.05) is 24.3 Å². The van der Waals surface area contributed by atoms with Crippen molar-refractivity contribution >= 4 is 23.1 Å². The van der Waals surface area contributed by atoms with E-state index in [0.717, 1.165) is 11.4 Å². The molecule has 0 spiro atoms. The number of rotatable bonds is 5. The molecule has 2 rings (SSSR count). The SMILES string of the molecule is COCc1nc(Cl)cc(Nc2ccccc2OC)n1. The summed E-state index contributed by atoms with van der Waals surface area (Å²) in [5.74, 6) is 1.84. The molecule has 0 aliphatic carbocycles. The monoisotopic (exact) mass is 279 g/mol. The van der Waals surface area contributed by atoms with E-state index in [2.05, 4.69) is 15.3 Å². The number of nitrogens with one attached hydrogen (secondary N) is 1. The Hall–Kier alpha value is -1.85. The lowest BCUT2D eigenvalue weighted by atomic mass is 10.3. The Balaban J connectivity index is 2.27. The van der Waals surface area contributed by atoms with Gasteiger partial charge >= 0.3 is 0 Å². The molecular weight excluding hydrogens is 266 g/mol. The molecule has 1 N–H and O–H groups in total. The summed E-state index contributed by atoms with van der Waals surface area (Å²) in [7, 11) is 3.20. The zero-order chi connectivity index (χ0) is 13.7. The van der Waals surface area contributed by atoms with Crippen molar-refractivity contribution in [2.24, 2.45) is 0 Å². The van der Waals surface area contributed by atoms with Crippen LogP contribution in [0.2, 0.25) is 5.15 Å². The number of methoxy groups -OCH3 is 2. The lowest BCUT2D eigenvalue weighted by molar-refractivity contribution is 0.178. The first-order chi connectivity index (χ1) is 9.22. The normalized spacial score (nSPS) is 10.3. The van der Waals surface area contributed by atoms with Gasteiger partial charge in [0.1, 0.15) is 23.3 Å². The minimum atomic E-state index is 0.307. The molecule has 0 atom stereocenters. The van der Waals surface area contributed by atoms with Gasteiger partial charge in [-0.15, -0.1) is 0 Å². The fraction of sp³-hybridized carbons (Fsp3) is 0.231. The standard InChI is InChI=1S/C13H14ClN3O2/c1-18-8-13-16-11(14)7-12(17-13)15-9-5-3-4-6-10(9)19-2/h3-7H,8H2,1-2H3,(H,15,16,17). The highest BCUT2D eigenvalue weighted by Gasteiger charge is 2.06. The van der Waals surface area contributed by atoms with Gasteiger partial charge in [0.05, 0.1) is 12.8 Å². The van der Waals surface area contributed by atoms with Crippen LogP contribution >= 0.6 is 11.6 Å². The van der Waals surface area contributed by atoms with Crippen LogP contribution < -0.4 is 10.1 Å². The summed E-state index contributed by atoms with van der Waals surface area (Å²) in [4.78, 5) is 8.37. The first-order valence-corrected chi connectivity index (χ1v) is 6.03. The molecule has 1 heterocycles. The van der Waals surface area contributed by atoms with Crippen LogP contribution in [-0.2, 0) is 11.3 Å². The topological polar surface area (TPSA) is 56.3 Å². The fourth-order valence-corrected chi connectivity index (χ4v) is 1.81. The smallest absolute Gasteiger partial charge is 0.158 e. The summed E-state index contributed by atoms with van der Waals surface area (Å²) < 4.78 is 10.3. The molecule has 0 aliphatic heterocycles. The van der Waals surface area contributed by atoms with Gasteiger partial charge in [-0.25, -0.2) is 9.97 Å². The molecule has 5 nitrogen and oxygen atoms in total. The molecule has 0 aliphatic rings. The van der Waals surface area contributed by atoms with E-state index in [1.165, 1.54) is 0 Å². The minimum absolute atomic E-state index is 0.307. The second-order valence-corrected chi connectivity index (χ2v) is 4.14. The van der Waals surface area contributed by atoms with E-state index in [0.29, 0.717) is 23.4 Å². The quantitative estimate of drug-likeness (QED) is 0.853. The van der Waals surface area contributed by atoms with E-state index < -0.39 is 0 Å². The zero-order valence-corrected chi connectivity index (χ0v) is 11.4. The van der Waals surface area contributed by atoms with Crippen molar-refractivity contribution in [3.05, 3.63) is 41.3 Å². The van der Waals surface area contributed by atoms with E-state index in [9.17, 15) is 0 Å². The fourth-order valence-electron chi connectivity index (χ4n) is 1.61. The van der Waals surface area contributed by atoms with Gasteiger partial charge in [0, 0.05) is 13.2 Å². The van der Waals surface area contributed by atoms with E-state index >= 15 is 0 Å². The number of benzene rings is 1. The number of para-hydroxylation sites is 2. The molecule has 6 heteroatoms. The van der Waals surface area contributed by atoms with Crippen molar-refractivity contribution in [2.75, 3.05) is 19.5 Å². The van der Waals surface area contributed by atoms with Crippen LogP contribution in [0.5, 0.6) is 5.75 Å². The first-order valence-electron chi connectivity index (χ1n) is 5.65. The number of anilines is 2. The highest BCUT2D eigenvalue weighted by molar-refractivity contribution is 6.29. The molecule has 0 fully saturated rings. The molecule has 1 aromatic heterocycles. The summed E-state index contributed by atoms with van der Waals surface area (Å²) in [5, 5.41) is 3.51. The molecule has 0 radical (unpaired) electrons. The predicted octanol–water partition coefficient (Wildman–Crippen LogP) is 3.03.